The highest BCUT2D eigenvalue weighted by Crippen LogP contribution is 2.32. The van der Waals surface area contributed by atoms with Crippen LogP contribution in [0.1, 0.15) is 56.7 Å². The molecule has 2 nitrogen and oxygen atoms in total. The van der Waals surface area contributed by atoms with Gasteiger partial charge in [-0.05, 0) is 56.2 Å². The SMILES string of the molecule is CCc1ccccc1C(CN)N(C)C1CCC(C)CC1. The van der Waals surface area contributed by atoms with E-state index in [-0.39, 0.29) is 0 Å². The standard InChI is InChI=1S/C18H30N2/c1-4-15-7-5-6-8-17(15)18(13-19)20(3)16-11-9-14(2)10-12-16/h5-8,14,16,18H,4,9-13,19H2,1-3H3. The van der Waals surface area contributed by atoms with Crippen molar-refractivity contribution in [2.24, 2.45) is 11.7 Å². The van der Waals surface area contributed by atoms with Gasteiger partial charge < -0.3 is 5.73 Å². The van der Waals surface area contributed by atoms with E-state index in [0.29, 0.717) is 18.6 Å². The Balaban J connectivity index is 2.14. The minimum atomic E-state index is 0.365. The highest BCUT2D eigenvalue weighted by molar-refractivity contribution is 5.30. The van der Waals surface area contributed by atoms with Gasteiger partial charge in [0.2, 0.25) is 0 Å². The molecule has 0 amide bonds. The third-order valence-corrected chi connectivity index (χ3v) is 5.07. The second-order valence-electron chi connectivity index (χ2n) is 6.38. The fourth-order valence-corrected chi connectivity index (χ4v) is 3.60. The Morgan fingerprint density at radius 1 is 1.20 bits per heavy atom. The second kappa shape index (κ2) is 7.24. The number of nitrogens with two attached hydrogens (primary N) is 1. The van der Waals surface area contributed by atoms with Crippen LogP contribution in [0.15, 0.2) is 24.3 Å². The fraction of sp³-hybridized carbons (Fsp3) is 0.667. The van der Waals surface area contributed by atoms with Crippen LogP contribution >= 0.6 is 0 Å². The normalized spacial score (nSPS) is 24.9. The van der Waals surface area contributed by atoms with Crippen molar-refractivity contribution in [3.8, 4) is 0 Å². The van der Waals surface area contributed by atoms with Crippen LogP contribution in [-0.2, 0) is 6.42 Å². The maximum absolute atomic E-state index is 6.12. The maximum atomic E-state index is 6.12. The Morgan fingerprint density at radius 3 is 2.45 bits per heavy atom. The average Bonchev–Trinajstić information content (AvgIpc) is 2.49. The molecule has 1 aliphatic carbocycles. The molecule has 112 valence electrons. The number of nitrogens with zero attached hydrogens (tertiary/aromatic N) is 1. The number of rotatable bonds is 5. The predicted molar refractivity (Wildman–Crippen MR) is 86.8 cm³/mol. The number of hydrogen-bond donors (Lipinski definition) is 1. The first-order chi connectivity index (χ1) is 9.67. The van der Waals surface area contributed by atoms with Crippen LogP contribution in [-0.4, -0.2) is 24.5 Å². The van der Waals surface area contributed by atoms with Crippen LogP contribution in [0.3, 0.4) is 0 Å². The van der Waals surface area contributed by atoms with Crippen LogP contribution in [0.4, 0.5) is 0 Å². The molecular formula is C18H30N2. The lowest BCUT2D eigenvalue weighted by atomic mass is 9.85. The van der Waals surface area contributed by atoms with Crippen molar-refractivity contribution in [3.63, 3.8) is 0 Å². The third-order valence-electron chi connectivity index (χ3n) is 5.07. The summed E-state index contributed by atoms with van der Waals surface area (Å²) in [5, 5.41) is 0. The summed E-state index contributed by atoms with van der Waals surface area (Å²) in [6.07, 6.45) is 6.45. The summed E-state index contributed by atoms with van der Waals surface area (Å²) in [7, 11) is 2.27. The molecule has 0 aliphatic heterocycles. The third kappa shape index (κ3) is 3.42. The van der Waals surface area contributed by atoms with Crippen molar-refractivity contribution in [1.82, 2.24) is 4.90 Å². The van der Waals surface area contributed by atoms with Crippen molar-refractivity contribution in [2.75, 3.05) is 13.6 Å². The van der Waals surface area contributed by atoms with E-state index in [0.717, 1.165) is 12.3 Å². The van der Waals surface area contributed by atoms with Gasteiger partial charge in [-0.15, -0.1) is 0 Å². The molecule has 1 aromatic rings. The lowest BCUT2D eigenvalue weighted by Gasteiger charge is -2.39. The largest absolute Gasteiger partial charge is 0.329 e. The van der Waals surface area contributed by atoms with Gasteiger partial charge in [-0.3, -0.25) is 4.90 Å². The van der Waals surface area contributed by atoms with Crippen LogP contribution < -0.4 is 5.73 Å². The Morgan fingerprint density at radius 2 is 1.85 bits per heavy atom. The van der Waals surface area contributed by atoms with Crippen molar-refractivity contribution in [3.05, 3.63) is 35.4 Å². The van der Waals surface area contributed by atoms with Crippen molar-refractivity contribution in [1.29, 1.82) is 0 Å². The lowest BCUT2D eigenvalue weighted by Crippen LogP contribution is -2.40. The van der Waals surface area contributed by atoms with E-state index in [1.54, 1.807) is 0 Å². The summed E-state index contributed by atoms with van der Waals surface area (Å²) in [5.74, 6) is 0.902. The summed E-state index contributed by atoms with van der Waals surface area (Å²) in [6.45, 7) is 5.32. The highest BCUT2D eigenvalue weighted by Gasteiger charge is 2.27. The summed E-state index contributed by atoms with van der Waals surface area (Å²) < 4.78 is 0. The highest BCUT2D eigenvalue weighted by atomic mass is 15.2. The zero-order chi connectivity index (χ0) is 14.5. The topological polar surface area (TPSA) is 29.3 Å². The molecule has 20 heavy (non-hydrogen) atoms. The van der Waals surface area contributed by atoms with Crippen LogP contribution in [0.2, 0.25) is 0 Å². The predicted octanol–water partition coefficient (Wildman–Crippen LogP) is 3.76. The zero-order valence-corrected chi connectivity index (χ0v) is 13.3. The molecule has 0 radical (unpaired) electrons. The molecule has 1 atom stereocenters. The van der Waals surface area contributed by atoms with Gasteiger partial charge in [-0.1, -0.05) is 38.1 Å². The second-order valence-corrected chi connectivity index (χ2v) is 6.38. The van der Waals surface area contributed by atoms with Gasteiger partial charge in [0.25, 0.3) is 0 Å². The molecule has 0 bridgehead atoms. The molecule has 2 rings (SSSR count). The molecule has 1 aliphatic rings. The first kappa shape index (κ1) is 15.5. The van der Waals surface area contributed by atoms with E-state index < -0.39 is 0 Å². The van der Waals surface area contributed by atoms with Gasteiger partial charge >= 0.3 is 0 Å². The van der Waals surface area contributed by atoms with Crippen LogP contribution in [0.25, 0.3) is 0 Å². The Bertz CT molecular complexity index is 408. The lowest BCUT2D eigenvalue weighted by molar-refractivity contribution is 0.126. The monoisotopic (exact) mass is 274 g/mol. The Labute approximate surface area is 124 Å². The molecule has 1 aromatic carbocycles. The zero-order valence-electron chi connectivity index (χ0n) is 13.3. The molecule has 1 unspecified atom stereocenters. The molecule has 0 spiro atoms. The van der Waals surface area contributed by atoms with Crippen LogP contribution in [0, 0.1) is 5.92 Å². The van der Waals surface area contributed by atoms with Crippen molar-refractivity contribution >= 4 is 0 Å². The van der Waals surface area contributed by atoms with Gasteiger partial charge in [-0.25, -0.2) is 0 Å². The summed E-state index contributed by atoms with van der Waals surface area (Å²) in [6, 6.07) is 9.85. The van der Waals surface area contributed by atoms with Crippen molar-refractivity contribution < 1.29 is 0 Å². The minimum absolute atomic E-state index is 0.365. The van der Waals surface area contributed by atoms with E-state index in [1.807, 2.05) is 0 Å². The van der Waals surface area contributed by atoms with Crippen molar-refractivity contribution in [2.45, 2.75) is 58.0 Å². The minimum Gasteiger partial charge on any atom is -0.329 e. The van der Waals surface area contributed by atoms with Gasteiger partial charge in [-0.2, -0.15) is 0 Å². The quantitative estimate of drug-likeness (QED) is 0.886. The summed E-state index contributed by atoms with van der Waals surface area (Å²) >= 11 is 0. The van der Waals surface area contributed by atoms with Gasteiger partial charge in [0.1, 0.15) is 0 Å². The molecule has 1 fully saturated rings. The van der Waals surface area contributed by atoms with E-state index in [4.69, 9.17) is 5.73 Å². The smallest absolute Gasteiger partial charge is 0.0473 e. The van der Waals surface area contributed by atoms with Gasteiger partial charge in [0.05, 0.1) is 0 Å². The summed E-state index contributed by atoms with van der Waals surface area (Å²) in [5.41, 5.74) is 8.99. The van der Waals surface area contributed by atoms with E-state index in [2.05, 4.69) is 50.1 Å². The van der Waals surface area contributed by atoms with Gasteiger partial charge in [0.15, 0.2) is 0 Å². The maximum Gasteiger partial charge on any atom is 0.0473 e. The number of benzene rings is 1. The number of aryl methyl sites for hydroxylation is 1. The number of hydrogen-bond acceptors (Lipinski definition) is 2. The molecule has 2 heteroatoms. The summed E-state index contributed by atoms with van der Waals surface area (Å²) in [4.78, 5) is 2.54. The Kier molecular flexibility index (Phi) is 5.62. The van der Waals surface area contributed by atoms with E-state index in [9.17, 15) is 0 Å². The Hall–Kier alpha value is -0.860. The first-order valence-electron chi connectivity index (χ1n) is 8.17. The van der Waals surface area contributed by atoms with E-state index in [1.165, 1.54) is 36.8 Å². The van der Waals surface area contributed by atoms with E-state index >= 15 is 0 Å². The first-order valence-corrected chi connectivity index (χ1v) is 8.17. The molecular weight excluding hydrogens is 244 g/mol. The number of likely N-dealkylation sites (N-methyl/N-ethyl adjacent to an activating group) is 1. The fourth-order valence-electron chi connectivity index (χ4n) is 3.60. The molecule has 1 saturated carbocycles. The molecule has 0 saturated heterocycles. The molecule has 0 aromatic heterocycles. The molecule has 0 heterocycles. The van der Waals surface area contributed by atoms with Crippen LogP contribution in [0.5, 0.6) is 0 Å². The van der Waals surface area contributed by atoms with Gasteiger partial charge in [0, 0.05) is 18.6 Å². The molecule has 2 N–H and O–H groups in total. The average molecular weight is 274 g/mol.